The maximum Gasteiger partial charge on any atom is 0.225 e. The van der Waals surface area contributed by atoms with E-state index in [4.69, 9.17) is 4.74 Å². The van der Waals surface area contributed by atoms with Gasteiger partial charge < -0.3 is 15.2 Å². The van der Waals surface area contributed by atoms with Crippen LogP contribution in [0.5, 0.6) is 11.5 Å². The summed E-state index contributed by atoms with van der Waals surface area (Å²) in [6.07, 6.45) is 3.80. The highest BCUT2D eigenvalue weighted by Gasteiger charge is 2.37. The summed E-state index contributed by atoms with van der Waals surface area (Å²) in [6, 6.07) is 5.44. The Morgan fingerprint density at radius 3 is 2.74 bits per heavy atom. The molecule has 0 bridgehead atoms. The summed E-state index contributed by atoms with van der Waals surface area (Å²) < 4.78 is 5.29. The maximum absolute atomic E-state index is 12.4. The molecule has 1 aromatic heterocycles. The molecule has 2 aromatic rings. The van der Waals surface area contributed by atoms with E-state index in [9.17, 15) is 9.90 Å². The topological polar surface area (TPSA) is 58.6 Å². The van der Waals surface area contributed by atoms with Gasteiger partial charge in [-0.1, -0.05) is 26.8 Å². The number of amides is 1. The third kappa shape index (κ3) is 3.22. The van der Waals surface area contributed by atoms with E-state index in [1.165, 1.54) is 22.4 Å². The number of nitrogens with one attached hydrogen (secondary N) is 1. The quantitative estimate of drug-likeness (QED) is 0.757. The van der Waals surface area contributed by atoms with Crippen molar-refractivity contribution in [2.45, 2.75) is 52.4 Å². The first kappa shape index (κ1) is 18.4. The van der Waals surface area contributed by atoms with Gasteiger partial charge in [0.05, 0.1) is 12.1 Å². The summed E-state index contributed by atoms with van der Waals surface area (Å²) in [5.74, 6) is 1.34. The highest BCUT2D eigenvalue weighted by Crippen LogP contribution is 2.50. The van der Waals surface area contributed by atoms with Gasteiger partial charge in [-0.2, -0.15) is 0 Å². The van der Waals surface area contributed by atoms with Crippen molar-refractivity contribution >= 4 is 22.2 Å². The van der Waals surface area contributed by atoms with Crippen LogP contribution in [-0.4, -0.2) is 18.1 Å². The zero-order valence-electron chi connectivity index (χ0n) is 16.4. The molecule has 0 unspecified atom stereocenters. The molecule has 0 saturated heterocycles. The second-order valence-electron chi connectivity index (χ2n) is 8.79. The second-order valence-corrected chi connectivity index (χ2v) is 9.89. The van der Waals surface area contributed by atoms with E-state index in [0.29, 0.717) is 23.5 Å². The first-order valence-electron chi connectivity index (χ1n) is 9.59. The maximum atomic E-state index is 12.4. The van der Waals surface area contributed by atoms with Gasteiger partial charge in [-0.3, -0.25) is 4.79 Å². The van der Waals surface area contributed by atoms with Gasteiger partial charge in [-0.25, -0.2) is 0 Å². The van der Waals surface area contributed by atoms with Crippen LogP contribution in [0.2, 0.25) is 0 Å². The zero-order valence-corrected chi connectivity index (χ0v) is 17.2. The predicted molar refractivity (Wildman–Crippen MR) is 109 cm³/mol. The van der Waals surface area contributed by atoms with Crippen LogP contribution in [-0.2, 0) is 17.6 Å². The molecule has 2 atom stereocenters. The first-order valence-corrected chi connectivity index (χ1v) is 10.4. The smallest absolute Gasteiger partial charge is 0.225 e. The average molecular weight is 386 g/mol. The summed E-state index contributed by atoms with van der Waals surface area (Å²) in [5, 5.41) is 14.1. The van der Waals surface area contributed by atoms with E-state index in [1.807, 2.05) is 12.1 Å². The number of carbonyl (C=O) groups excluding carboxylic acids is 1. The van der Waals surface area contributed by atoms with Crippen LogP contribution < -0.4 is 10.1 Å². The third-order valence-electron chi connectivity index (χ3n) is 6.13. The molecular weight excluding hydrogens is 358 g/mol. The van der Waals surface area contributed by atoms with Gasteiger partial charge in [0, 0.05) is 17.2 Å². The summed E-state index contributed by atoms with van der Waals surface area (Å²) in [6.45, 7) is 6.97. The number of hydrogen-bond acceptors (Lipinski definition) is 4. The Morgan fingerprint density at radius 1 is 1.26 bits per heavy atom. The Kier molecular flexibility index (Phi) is 4.46. The van der Waals surface area contributed by atoms with Crippen molar-refractivity contribution in [1.82, 2.24) is 0 Å². The molecule has 4 nitrogen and oxygen atoms in total. The molecule has 1 aliphatic carbocycles. The third-order valence-corrected chi connectivity index (χ3v) is 7.31. The molecule has 5 heteroatoms. The van der Waals surface area contributed by atoms with Gasteiger partial charge >= 0.3 is 0 Å². The summed E-state index contributed by atoms with van der Waals surface area (Å²) >= 11 is 1.76. The largest absolute Gasteiger partial charge is 0.504 e. The molecule has 2 heterocycles. The van der Waals surface area contributed by atoms with Gasteiger partial charge in [-0.15, -0.1) is 11.3 Å². The second kappa shape index (κ2) is 6.55. The molecule has 2 N–H and O–H groups in total. The molecule has 0 saturated carbocycles. The van der Waals surface area contributed by atoms with Crippen LogP contribution in [0.3, 0.4) is 0 Å². The standard InChI is InChI=1S/C22H27NO3S/c1-22(2,3)13-6-7-14-18(10-13)27-21-20(14)15(11-19(25)23-21)12-5-8-16(24)17(9-12)26-4/h5,8-9,13,15,24H,6-7,10-11H2,1-4H3,(H,23,25)/t13-,15-/m0/s1. The highest BCUT2D eigenvalue weighted by atomic mass is 32.1. The molecule has 0 radical (unpaired) electrons. The normalized spacial score (nSPS) is 22.0. The van der Waals surface area contributed by atoms with Crippen molar-refractivity contribution in [3.63, 3.8) is 0 Å². The van der Waals surface area contributed by atoms with E-state index in [1.54, 1.807) is 24.5 Å². The molecule has 27 heavy (non-hydrogen) atoms. The Balaban J connectivity index is 1.77. The fourth-order valence-electron chi connectivity index (χ4n) is 4.47. The number of phenolic OH excluding ortho intramolecular Hbond substituents is 1. The molecular formula is C22H27NO3S. The minimum absolute atomic E-state index is 0.0226. The van der Waals surface area contributed by atoms with Gasteiger partial charge in [0.2, 0.25) is 5.91 Å². The average Bonchev–Trinajstić information content (AvgIpc) is 2.97. The SMILES string of the molecule is COc1cc([C@@H]2CC(=O)Nc3sc4c(c32)CC[C@H](C(C)(C)C)C4)ccc1O. The minimum atomic E-state index is 0.0226. The van der Waals surface area contributed by atoms with Crippen LogP contribution in [0, 0.1) is 11.3 Å². The Labute approximate surface area is 164 Å². The number of hydrogen-bond donors (Lipinski definition) is 2. The lowest BCUT2D eigenvalue weighted by molar-refractivity contribution is -0.116. The van der Waals surface area contributed by atoms with Crippen molar-refractivity contribution in [3.8, 4) is 11.5 Å². The number of aromatic hydroxyl groups is 1. The van der Waals surface area contributed by atoms with Crippen LogP contribution in [0.15, 0.2) is 18.2 Å². The number of phenols is 1. The monoisotopic (exact) mass is 385 g/mol. The molecule has 2 aliphatic rings. The molecule has 1 amide bonds. The Morgan fingerprint density at radius 2 is 2.04 bits per heavy atom. The summed E-state index contributed by atoms with van der Waals surface area (Å²) in [5.41, 5.74) is 4.05. The van der Waals surface area contributed by atoms with Crippen LogP contribution >= 0.6 is 11.3 Å². The number of benzene rings is 1. The van der Waals surface area contributed by atoms with Crippen molar-refractivity contribution in [1.29, 1.82) is 0 Å². The zero-order chi connectivity index (χ0) is 19.3. The highest BCUT2D eigenvalue weighted by molar-refractivity contribution is 7.16. The fourth-order valence-corrected chi connectivity index (χ4v) is 5.88. The van der Waals surface area contributed by atoms with E-state index >= 15 is 0 Å². The van der Waals surface area contributed by atoms with Crippen molar-refractivity contribution in [2.24, 2.45) is 11.3 Å². The predicted octanol–water partition coefficient (Wildman–Crippen LogP) is 5.09. The Hall–Kier alpha value is -2.01. The van der Waals surface area contributed by atoms with Crippen LogP contribution in [0.4, 0.5) is 5.00 Å². The number of thiophene rings is 1. The molecule has 0 fully saturated rings. The number of rotatable bonds is 2. The lowest BCUT2D eigenvalue weighted by atomic mass is 9.71. The van der Waals surface area contributed by atoms with Gasteiger partial charge in [0.15, 0.2) is 11.5 Å². The lowest BCUT2D eigenvalue weighted by Gasteiger charge is -2.34. The molecule has 4 rings (SSSR count). The van der Waals surface area contributed by atoms with Crippen LogP contribution in [0.1, 0.15) is 61.1 Å². The molecule has 144 valence electrons. The molecule has 1 aromatic carbocycles. The number of fused-ring (bicyclic) bond motifs is 3. The fraction of sp³-hybridized carbons (Fsp3) is 0.500. The molecule has 0 spiro atoms. The van der Waals surface area contributed by atoms with Crippen molar-refractivity contribution in [3.05, 3.63) is 39.8 Å². The van der Waals surface area contributed by atoms with Gasteiger partial charge in [-0.05, 0) is 59.4 Å². The lowest BCUT2D eigenvalue weighted by Crippen LogP contribution is -2.27. The minimum Gasteiger partial charge on any atom is -0.504 e. The van der Waals surface area contributed by atoms with Gasteiger partial charge in [0.1, 0.15) is 0 Å². The summed E-state index contributed by atoms with van der Waals surface area (Å²) in [7, 11) is 1.55. The van der Waals surface area contributed by atoms with E-state index in [2.05, 4.69) is 26.1 Å². The number of methoxy groups -OCH3 is 1. The summed E-state index contributed by atoms with van der Waals surface area (Å²) in [4.78, 5) is 13.8. The van der Waals surface area contributed by atoms with Crippen LogP contribution in [0.25, 0.3) is 0 Å². The van der Waals surface area contributed by atoms with Crippen molar-refractivity contribution in [2.75, 3.05) is 12.4 Å². The van der Waals surface area contributed by atoms with E-state index in [0.717, 1.165) is 23.4 Å². The van der Waals surface area contributed by atoms with Gasteiger partial charge in [0.25, 0.3) is 0 Å². The molecule has 1 aliphatic heterocycles. The first-order chi connectivity index (χ1) is 12.8. The Bertz CT molecular complexity index is 894. The van der Waals surface area contributed by atoms with E-state index < -0.39 is 0 Å². The number of carbonyl (C=O) groups is 1. The number of ether oxygens (including phenoxy) is 1. The number of anilines is 1. The van der Waals surface area contributed by atoms with E-state index in [-0.39, 0.29) is 17.6 Å². The van der Waals surface area contributed by atoms with Crippen molar-refractivity contribution < 1.29 is 14.6 Å².